The van der Waals surface area contributed by atoms with Gasteiger partial charge in [-0.2, -0.15) is 5.26 Å². The SMILES string of the molecule is Cc1cc(-c2ncc(NCc3ccc(C#N)cc3)cc2-c2ccc3ncsc3c2)ccc1F. The highest BCUT2D eigenvalue weighted by atomic mass is 32.1. The molecule has 0 radical (unpaired) electrons. The van der Waals surface area contributed by atoms with E-state index in [0.29, 0.717) is 17.7 Å². The van der Waals surface area contributed by atoms with Crippen LogP contribution in [0.25, 0.3) is 32.6 Å². The number of benzene rings is 3. The molecule has 3 aromatic carbocycles. The second-order valence-corrected chi connectivity index (χ2v) is 8.67. The number of aromatic nitrogens is 2. The first-order valence-corrected chi connectivity index (χ1v) is 11.3. The van der Waals surface area contributed by atoms with E-state index in [1.54, 1.807) is 30.5 Å². The summed E-state index contributed by atoms with van der Waals surface area (Å²) in [6.45, 7) is 2.37. The van der Waals surface area contributed by atoms with Gasteiger partial charge in [-0.3, -0.25) is 4.98 Å². The summed E-state index contributed by atoms with van der Waals surface area (Å²) in [5, 5.41) is 12.4. The van der Waals surface area contributed by atoms with Crippen LogP contribution in [0, 0.1) is 24.1 Å². The number of hydrogen-bond donors (Lipinski definition) is 1. The van der Waals surface area contributed by atoms with Crippen molar-refractivity contribution < 1.29 is 4.39 Å². The van der Waals surface area contributed by atoms with Gasteiger partial charge in [-0.25, -0.2) is 9.37 Å². The molecule has 4 nitrogen and oxygen atoms in total. The fourth-order valence-electron chi connectivity index (χ4n) is 3.73. The van der Waals surface area contributed by atoms with E-state index in [9.17, 15) is 4.39 Å². The number of halogens is 1. The van der Waals surface area contributed by atoms with Gasteiger partial charge in [-0.1, -0.05) is 18.2 Å². The lowest BCUT2D eigenvalue weighted by atomic mass is 9.97. The van der Waals surface area contributed by atoms with E-state index in [1.165, 1.54) is 6.07 Å². The third-order valence-electron chi connectivity index (χ3n) is 5.54. The van der Waals surface area contributed by atoms with Crippen LogP contribution in [0.1, 0.15) is 16.7 Å². The minimum atomic E-state index is -0.230. The van der Waals surface area contributed by atoms with Crippen molar-refractivity contribution in [3.05, 3.63) is 101 Å². The van der Waals surface area contributed by atoms with Gasteiger partial charge in [0.25, 0.3) is 0 Å². The van der Waals surface area contributed by atoms with Gasteiger partial charge in [0.1, 0.15) is 5.82 Å². The number of hydrogen-bond acceptors (Lipinski definition) is 5. The summed E-state index contributed by atoms with van der Waals surface area (Å²) < 4.78 is 15.0. The topological polar surface area (TPSA) is 61.6 Å². The Labute approximate surface area is 195 Å². The molecule has 0 aliphatic heterocycles. The van der Waals surface area contributed by atoms with Crippen LogP contribution < -0.4 is 5.32 Å². The molecule has 1 N–H and O–H groups in total. The van der Waals surface area contributed by atoms with Crippen molar-refractivity contribution in [3.8, 4) is 28.5 Å². The van der Waals surface area contributed by atoms with Crippen molar-refractivity contribution in [2.45, 2.75) is 13.5 Å². The predicted molar refractivity (Wildman–Crippen MR) is 131 cm³/mol. The Bertz CT molecular complexity index is 1500. The molecule has 0 atom stereocenters. The van der Waals surface area contributed by atoms with Crippen molar-refractivity contribution >= 4 is 27.2 Å². The van der Waals surface area contributed by atoms with Crippen molar-refractivity contribution in [1.29, 1.82) is 5.26 Å². The molecule has 0 amide bonds. The Hall–Kier alpha value is -4.08. The molecule has 2 heterocycles. The third-order valence-corrected chi connectivity index (χ3v) is 6.33. The number of rotatable bonds is 5. The number of pyridine rings is 1. The van der Waals surface area contributed by atoms with E-state index in [1.807, 2.05) is 48.0 Å². The Morgan fingerprint density at radius 1 is 0.970 bits per heavy atom. The average molecular weight is 451 g/mol. The predicted octanol–water partition coefficient (Wildman–Crippen LogP) is 6.96. The molecule has 0 unspecified atom stereocenters. The summed E-state index contributed by atoms with van der Waals surface area (Å²) in [7, 11) is 0. The number of nitrogens with one attached hydrogen (secondary N) is 1. The minimum Gasteiger partial charge on any atom is -0.380 e. The molecule has 0 bridgehead atoms. The van der Waals surface area contributed by atoms with Crippen LogP contribution in [0.15, 0.2) is 78.4 Å². The molecule has 0 saturated heterocycles. The number of fused-ring (bicyclic) bond motifs is 1. The van der Waals surface area contributed by atoms with Crippen molar-refractivity contribution in [2.24, 2.45) is 0 Å². The molecule has 2 aromatic heterocycles. The third kappa shape index (κ3) is 4.32. The van der Waals surface area contributed by atoms with Gasteiger partial charge >= 0.3 is 0 Å². The standard InChI is InChI=1S/C27H19FN4S/c1-17-10-21(6-8-24(17)28)27-23(20-7-9-25-26(11-20)33-16-32-25)12-22(15-31-27)30-14-19-4-2-18(13-29)3-5-19/h2-12,15-16,30H,14H2,1H3. The van der Waals surface area contributed by atoms with Crippen LogP contribution in [-0.4, -0.2) is 9.97 Å². The van der Waals surface area contributed by atoms with Gasteiger partial charge < -0.3 is 5.32 Å². The molecule has 0 saturated carbocycles. The number of anilines is 1. The number of nitriles is 1. The molecule has 6 heteroatoms. The highest BCUT2D eigenvalue weighted by Gasteiger charge is 2.13. The minimum absolute atomic E-state index is 0.230. The molecule has 160 valence electrons. The van der Waals surface area contributed by atoms with Gasteiger partial charge in [0.05, 0.1) is 44.9 Å². The van der Waals surface area contributed by atoms with Gasteiger partial charge in [0.15, 0.2) is 0 Å². The normalized spacial score (nSPS) is 10.8. The Balaban J connectivity index is 1.54. The lowest BCUT2D eigenvalue weighted by Crippen LogP contribution is -2.01. The summed E-state index contributed by atoms with van der Waals surface area (Å²) in [4.78, 5) is 9.14. The van der Waals surface area contributed by atoms with E-state index >= 15 is 0 Å². The molecule has 0 aliphatic rings. The zero-order valence-electron chi connectivity index (χ0n) is 17.8. The van der Waals surface area contributed by atoms with Crippen LogP contribution in [0.2, 0.25) is 0 Å². The first-order valence-electron chi connectivity index (χ1n) is 10.4. The van der Waals surface area contributed by atoms with E-state index in [4.69, 9.17) is 10.2 Å². The summed E-state index contributed by atoms with van der Waals surface area (Å²) in [5.41, 5.74) is 9.62. The Kier molecular flexibility index (Phi) is 5.55. The highest BCUT2D eigenvalue weighted by Crippen LogP contribution is 2.35. The molecular formula is C27H19FN4S. The van der Waals surface area contributed by atoms with E-state index in [-0.39, 0.29) is 5.82 Å². The summed E-state index contributed by atoms with van der Waals surface area (Å²) in [6.07, 6.45) is 1.80. The number of nitrogens with zero attached hydrogens (tertiary/aromatic N) is 3. The fourth-order valence-corrected chi connectivity index (χ4v) is 4.44. The molecule has 5 aromatic rings. The van der Waals surface area contributed by atoms with Gasteiger partial charge in [0.2, 0.25) is 0 Å². The van der Waals surface area contributed by atoms with Crippen LogP contribution in [0.3, 0.4) is 0 Å². The molecular weight excluding hydrogens is 431 g/mol. The first-order chi connectivity index (χ1) is 16.1. The van der Waals surface area contributed by atoms with Crippen LogP contribution in [0.4, 0.5) is 10.1 Å². The van der Waals surface area contributed by atoms with Crippen molar-refractivity contribution in [1.82, 2.24) is 9.97 Å². The molecule has 0 fully saturated rings. The lowest BCUT2D eigenvalue weighted by molar-refractivity contribution is 0.619. The van der Waals surface area contributed by atoms with E-state index < -0.39 is 0 Å². The quantitative estimate of drug-likeness (QED) is 0.314. The van der Waals surface area contributed by atoms with Crippen LogP contribution in [-0.2, 0) is 6.54 Å². The first kappa shape index (κ1) is 20.8. The zero-order valence-corrected chi connectivity index (χ0v) is 18.7. The average Bonchev–Trinajstić information content (AvgIpc) is 3.33. The molecule has 5 rings (SSSR count). The fraction of sp³-hybridized carbons (Fsp3) is 0.0741. The Morgan fingerprint density at radius 3 is 2.58 bits per heavy atom. The maximum absolute atomic E-state index is 13.9. The van der Waals surface area contributed by atoms with E-state index in [2.05, 4.69) is 28.5 Å². The maximum atomic E-state index is 13.9. The second kappa shape index (κ2) is 8.81. The molecule has 0 spiro atoms. The second-order valence-electron chi connectivity index (χ2n) is 7.78. The van der Waals surface area contributed by atoms with Gasteiger partial charge in [0, 0.05) is 17.7 Å². The lowest BCUT2D eigenvalue weighted by Gasteiger charge is -2.14. The number of thiazole rings is 1. The largest absolute Gasteiger partial charge is 0.380 e. The monoisotopic (exact) mass is 450 g/mol. The summed E-state index contributed by atoms with van der Waals surface area (Å²) in [6, 6.07) is 23.0. The summed E-state index contributed by atoms with van der Waals surface area (Å²) >= 11 is 1.60. The van der Waals surface area contributed by atoms with E-state index in [0.717, 1.165) is 43.9 Å². The maximum Gasteiger partial charge on any atom is 0.126 e. The van der Waals surface area contributed by atoms with Crippen molar-refractivity contribution in [3.63, 3.8) is 0 Å². The smallest absolute Gasteiger partial charge is 0.126 e. The van der Waals surface area contributed by atoms with Gasteiger partial charge in [-0.15, -0.1) is 11.3 Å². The Morgan fingerprint density at radius 2 is 1.79 bits per heavy atom. The van der Waals surface area contributed by atoms with Crippen molar-refractivity contribution in [2.75, 3.05) is 5.32 Å². The summed E-state index contributed by atoms with van der Waals surface area (Å²) in [5.74, 6) is -0.230. The highest BCUT2D eigenvalue weighted by molar-refractivity contribution is 7.16. The number of aryl methyl sites for hydroxylation is 1. The molecule has 33 heavy (non-hydrogen) atoms. The van der Waals surface area contributed by atoms with Crippen LogP contribution in [0.5, 0.6) is 0 Å². The molecule has 0 aliphatic carbocycles. The zero-order chi connectivity index (χ0) is 22.8. The van der Waals surface area contributed by atoms with Gasteiger partial charge in [-0.05, 0) is 72.1 Å². The van der Waals surface area contributed by atoms with Crippen LogP contribution >= 0.6 is 11.3 Å².